The summed E-state index contributed by atoms with van der Waals surface area (Å²) in [6.07, 6.45) is 1.29. The molecule has 2 spiro atoms. The number of hydrogen-bond donors (Lipinski definition) is 1. The zero-order valence-corrected chi connectivity index (χ0v) is 17.9. The molecule has 2 saturated carbocycles. The minimum absolute atomic E-state index is 0.207. The predicted molar refractivity (Wildman–Crippen MR) is 102 cm³/mol. The Morgan fingerprint density at radius 2 is 1.86 bits per heavy atom. The van der Waals surface area contributed by atoms with Crippen LogP contribution in [0.25, 0.3) is 0 Å². The molecule has 0 amide bonds. The summed E-state index contributed by atoms with van der Waals surface area (Å²) in [7, 11) is 0. The van der Waals surface area contributed by atoms with Crippen molar-refractivity contribution in [3.8, 4) is 0 Å². The molecule has 4 fully saturated rings. The number of esters is 2. The maximum absolute atomic E-state index is 13.2. The van der Waals surface area contributed by atoms with Crippen LogP contribution >= 0.6 is 0 Å². The van der Waals surface area contributed by atoms with Crippen molar-refractivity contribution in [2.45, 2.75) is 90.1 Å². The van der Waals surface area contributed by atoms with Crippen LogP contribution in [0.4, 0.5) is 0 Å². The molecule has 2 heterocycles. The number of carbonyl (C=O) groups is 3. The van der Waals surface area contributed by atoms with E-state index in [1.54, 1.807) is 0 Å². The lowest BCUT2D eigenvalue weighted by atomic mass is 9.42. The lowest BCUT2D eigenvalue weighted by molar-refractivity contribution is -0.271. The van der Waals surface area contributed by atoms with Gasteiger partial charge in [-0.25, -0.2) is 0 Å². The number of Topliss-reactive ketones (excluding diaryl/α,β-unsaturated/α-hetero) is 1. The van der Waals surface area contributed by atoms with E-state index in [9.17, 15) is 19.5 Å². The summed E-state index contributed by atoms with van der Waals surface area (Å²) in [6.45, 7) is 9.49. The Morgan fingerprint density at radius 3 is 2.45 bits per heavy atom. The van der Waals surface area contributed by atoms with Gasteiger partial charge in [0.05, 0.1) is 12.0 Å². The molecule has 0 aromatic heterocycles. The molecule has 2 aliphatic heterocycles. The van der Waals surface area contributed by atoms with E-state index in [-0.39, 0.29) is 36.9 Å². The Morgan fingerprint density at radius 1 is 1.17 bits per heavy atom. The molecule has 4 aliphatic rings. The van der Waals surface area contributed by atoms with E-state index in [4.69, 9.17) is 14.2 Å². The summed E-state index contributed by atoms with van der Waals surface area (Å²) in [6, 6.07) is 0. The van der Waals surface area contributed by atoms with Crippen LogP contribution in [0.5, 0.6) is 0 Å². The topological polar surface area (TPSA) is 99.1 Å². The molecule has 29 heavy (non-hydrogen) atoms. The van der Waals surface area contributed by atoms with Crippen LogP contribution in [0, 0.1) is 22.7 Å². The van der Waals surface area contributed by atoms with Crippen molar-refractivity contribution >= 4 is 17.7 Å². The van der Waals surface area contributed by atoms with Gasteiger partial charge in [0.2, 0.25) is 0 Å². The van der Waals surface area contributed by atoms with Crippen molar-refractivity contribution in [2.24, 2.45) is 22.7 Å². The molecule has 7 atom stereocenters. The van der Waals surface area contributed by atoms with Gasteiger partial charge in [-0.15, -0.1) is 0 Å². The predicted octanol–water partition coefficient (Wildman–Crippen LogP) is 2.18. The third-order valence-corrected chi connectivity index (χ3v) is 8.57. The average molecular weight is 408 g/mol. The Bertz CT molecular complexity index is 760. The first-order valence-corrected chi connectivity index (χ1v) is 10.6. The third-order valence-electron chi connectivity index (χ3n) is 8.57. The molecule has 0 unspecified atom stereocenters. The number of ketones is 1. The van der Waals surface area contributed by atoms with Crippen molar-refractivity contribution in [3.05, 3.63) is 0 Å². The van der Waals surface area contributed by atoms with E-state index in [2.05, 4.69) is 6.92 Å². The standard InChI is InChI=1S/C22H32O7/c1-12-16(25)17(26)18-19(3,4)14(28-13(2)23)6-7-20(18,5)22(12)9-8-21(29-22)10-15(24)27-11-21/h12,14,17-18,26H,6-11H2,1-5H3/t12-,14+,17-,18+,20+,21-,22-/m1/s1. The second-order valence-electron chi connectivity index (χ2n) is 10.4. The number of rotatable bonds is 1. The van der Waals surface area contributed by atoms with Crippen molar-refractivity contribution in [1.29, 1.82) is 0 Å². The molecule has 1 N–H and O–H groups in total. The van der Waals surface area contributed by atoms with Gasteiger partial charge >= 0.3 is 11.9 Å². The molecule has 0 aromatic carbocycles. The van der Waals surface area contributed by atoms with Gasteiger partial charge in [-0.1, -0.05) is 27.7 Å². The second kappa shape index (κ2) is 6.27. The van der Waals surface area contributed by atoms with Gasteiger partial charge in [-0.3, -0.25) is 14.4 Å². The average Bonchev–Trinajstić information content (AvgIpc) is 3.18. The molecule has 7 heteroatoms. The molecule has 0 bridgehead atoms. The molecular formula is C22H32O7. The van der Waals surface area contributed by atoms with Crippen molar-refractivity contribution in [2.75, 3.05) is 6.61 Å². The van der Waals surface area contributed by atoms with Crippen LogP contribution in [-0.2, 0) is 28.6 Å². The van der Waals surface area contributed by atoms with Crippen LogP contribution in [-0.4, -0.2) is 52.8 Å². The normalized spacial score (nSPS) is 48.6. The fourth-order valence-electron chi connectivity index (χ4n) is 7.18. The fraction of sp³-hybridized carbons (Fsp3) is 0.864. The first-order chi connectivity index (χ1) is 13.4. The van der Waals surface area contributed by atoms with Gasteiger partial charge < -0.3 is 19.3 Å². The zero-order chi connectivity index (χ0) is 21.4. The molecule has 2 aliphatic carbocycles. The SMILES string of the molecule is CC(=O)O[C@H]1CC[C@@]2(C)[C@@H]([C@H](O)C(=O)[C@@H](C)[C@]23CC[C@@]2(COC(=O)C2)O3)C1(C)C. The van der Waals surface area contributed by atoms with Crippen molar-refractivity contribution in [3.63, 3.8) is 0 Å². The van der Waals surface area contributed by atoms with Gasteiger partial charge in [0.25, 0.3) is 0 Å². The lowest BCUT2D eigenvalue weighted by Crippen LogP contribution is -2.72. The maximum atomic E-state index is 13.2. The number of aliphatic hydroxyl groups is 1. The van der Waals surface area contributed by atoms with Crippen LogP contribution in [0.15, 0.2) is 0 Å². The maximum Gasteiger partial charge on any atom is 0.308 e. The highest BCUT2D eigenvalue weighted by molar-refractivity contribution is 5.88. The number of fused-ring (bicyclic) bond motifs is 2. The summed E-state index contributed by atoms with van der Waals surface area (Å²) >= 11 is 0. The summed E-state index contributed by atoms with van der Waals surface area (Å²) < 4.78 is 17.6. The van der Waals surface area contributed by atoms with Crippen molar-refractivity contribution < 1.29 is 33.7 Å². The van der Waals surface area contributed by atoms with Gasteiger partial charge in [-0.05, 0) is 25.7 Å². The highest BCUT2D eigenvalue weighted by Gasteiger charge is 2.73. The van der Waals surface area contributed by atoms with Gasteiger partial charge in [-0.2, -0.15) is 0 Å². The largest absolute Gasteiger partial charge is 0.463 e. The first-order valence-electron chi connectivity index (χ1n) is 10.6. The number of aliphatic hydroxyl groups excluding tert-OH is 1. The highest BCUT2D eigenvalue weighted by Crippen LogP contribution is 2.67. The van der Waals surface area contributed by atoms with E-state index < -0.39 is 40.0 Å². The molecular weight excluding hydrogens is 376 g/mol. The summed E-state index contributed by atoms with van der Waals surface area (Å²) in [5, 5.41) is 11.1. The Labute approximate surface area is 171 Å². The Balaban J connectivity index is 1.78. The molecule has 0 radical (unpaired) electrons. The number of carbonyl (C=O) groups excluding carboxylic acids is 3. The highest BCUT2D eigenvalue weighted by atomic mass is 16.6. The zero-order valence-electron chi connectivity index (χ0n) is 17.9. The van der Waals surface area contributed by atoms with Gasteiger partial charge in [0.1, 0.15) is 24.4 Å². The number of hydrogen-bond acceptors (Lipinski definition) is 7. The number of ether oxygens (including phenoxy) is 3. The van der Waals surface area contributed by atoms with Crippen LogP contribution < -0.4 is 0 Å². The van der Waals surface area contributed by atoms with Gasteiger partial charge in [0, 0.05) is 29.6 Å². The Hall–Kier alpha value is -1.47. The summed E-state index contributed by atoms with van der Waals surface area (Å²) in [4.78, 5) is 36.7. The second-order valence-corrected chi connectivity index (χ2v) is 10.4. The van der Waals surface area contributed by atoms with Crippen molar-refractivity contribution in [1.82, 2.24) is 0 Å². The minimum Gasteiger partial charge on any atom is -0.463 e. The van der Waals surface area contributed by atoms with E-state index in [1.807, 2.05) is 20.8 Å². The fourth-order valence-corrected chi connectivity index (χ4v) is 7.18. The van der Waals surface area contributed by atoms with Crippen LogP contribution in [0.1, 0.15) is 66.7 Å². The monoisotopic (exact) mass is 408 g/mol. The molecule has 4 rings (SSSR count). The summed E-state index contributed by atoms with van der Waals surface area (Å²) in [5.41, 5.74) is -2.57. The van der Waals surface area contributed by atoms with E-state index >= 15 is 0 Å². The molecule has 162 valence electrons. The summed E-state index contributed by atoms with van der Waals surface area (Å²) in [5.74, 6) is -1.77. The molecule has 0 aromatic rings. The third kappa shape index (κ3) is 2.66. The smallest absolute Gasteiger partial charge is 0.308 e. The molecule has 7 nitrogen and oxygen atoms in total. The quantitative estimate of drug-likeness (QED) is 0.664. The Kier molecular flexibility index (Phi) is 4.49. The number of cyclic esters (lactones) is 1. The minimum atomic E-state index is -1.14. The first kappa shape index (κ1) is 20.8. The molecule has 2 saturated heterocycles. The van der Waals surface area contributed by atoms with E-state index in [0.717, 1.165) is 0 Å². The van der Waals surface area contributed by atoms with Crippen LogP contribution in [0.2, 0.25) is 0 Å². The van der Waals surface area contributed by atoms with Crippen LogP contribution in [0.3, 0.4) is 0 Å². The van der Waals surface area contributed by atoms with E-state index in [1.165, 1.54) is 6.92 Å². The van der Waals surface area contributed by atoms with E-state index in [0.29, 0.717) is 25.7 Å². The lowest BCUT2D eigenvalue weighted by Gasteiger charge is -2.65. The van der Waals surface area contributed by atoms with Gasteiger partial charge in [0.15, 0.2) is 5.78 Å².